The van der Waals surface area contributed by atoms with Crippen LogP contribution in [0.2, 0.25) is 10.0 Å². The molecule has 0 bridgehead atoms. The van der Waals surface area contributed by atoms with Crippen molar-refractivity contribution < 1.29 is 19.1 Å². The first kappa shape index (κ1) is 32.7. The highest BCUT2D eigenvalue weighted by molar-refractivity contribution is 7.08. The lowest BCUT2D eigenvalue weighted by Gasteiger charge is -2.21. The highest BCUT2D eigenvalue weighted by atomic mass is 35.5. The molecule has 2 heterocycles. The average Bonchev–Trinajstić information content (AvgIpc) is 3.56. The van der Waals surface area contributed by atoms with Crippen molar-refractivity contribution in [2.75, 3.05) is 23.8 Å². The minimum Gasteiger partial charge on any atom is -0.487 e. The lowest BCUT2D eigenvalue weighted by molar-refractivity contribution is -0.122. The SMILES string of the molecule is Cc1ccc2cccc(OCc3c(Cl)ccc(N(C)C(=O)CNC(=O)C=Cc4ccc(NC(=O)Cc5ccsc5)cc4)c3Cl)c2n1. The molecule has 8 nitrogen and oxygen atoms in total. The molecule has 0 saturated carbocycles. The van der Waals surface area contributed by atoms with Gasteiger partial charge in [0.2, 0.25) is 17.7 Å². The Morgan fingerprint density at radius 3 is 2.57 bits per heavy atom. The fourth-order valence-corrected chi connectivity index (χ4v) is 5.84. The minimum atomic E-state index is -0.440. The van der Waals surface area contributed by atoms with Crippen molar-refractivity contribution >= 4 is 80.6 Å². The number of hydrogen-bond acceptors (Lipinski definition) is 6. The third-order valence-electron chi connectivity index (χ3n) is 7.08. The van der Waals surface area contributed by atoms with Crippen LogP contribution in [0.3, 0.4) is 0 Å². The number of carbonyl (C=O) groups is 3. The van der Waals surface area contributed by atoms with Gasteiger partial charge in [-0.1, -0.05) is 53.5 Å². The number of nitrogens with zero attached hydrogens (tertiary/aromatic N) is 2. The van der Waals surface area contributed by atoms with Crippen LogP contribution >= 0.6 is 34.5 Å². The highest BCUT2D eigenvalue weighted by Crippen LogP contribution is 2.35. The molecule has 3 aromatic carbocycles. The molecule has 0 aliphatic heterocycles. The van der Waals surface area contributed by atoms with Crippen molar-refractivity contribution in [2.45, 2.75) is 20.0 Å². The third-order valence-corrected chi connectivity index (χ3v) is 8.58. The molecule has 0 fully saturated rings. The van der Waals surface area contributed by atoms with Gasteiger partial charge in [0.1, 0.15) is 17.9 Å². The van der Waals surface area contributed by atoms with Crippen molar-refractivity contribution in [3.8, 4) is 5.75 Å². The number of nitrogens with one attached hydrogen (secondary N) is 2. The second kappa shape index (κ2) is 15.1. The van der Waals surface area contributed by atoms with Crippen molar-refractivity contribution in [3.63, 3.8) is 0 Å². The number of thiophene rings is 1. The maximum absolute atomic E-state index is 13.0. The number of aryl methyl sites for hydroxylation is 1. The van der Waals surface area contributed by atoms with Crippen molar-refractivity contribution in [1.29, 1.82) is 0 Å². The number of hydrogen-bond donors (Lipinski definition) is 2. The Kier molecular flexibility index (Phi) is 10.7. The van der Waals surface area contributed by atoms with Crippen LogP contribution in [-0.4, -0.2) is 36.3 Å². The van der Waals surface area contributed by atoms with E-state index < -0.39 is 5.91 Å². The molecule has 3 amide bonds. The van der Waals surface area contributed by atoms with Gasteiger partial charge >= 0.3 is 0 Å². The van der Waals surface area contributed by atoms with E-state index >= 15 is 0 Å². The first-order chi connectivity index (χ1) is 22.2. The van der Waals surface area contributed by atoms with Crippen LogP contribution in [0.25, 0.3) is 17.0 Å². The Morgan fingerprint density at radius 2 is 1.80 bits per heavy atom. The van der Waals surface area contributed by atoms with Crippen molar-refractivity contribution in [2.24, 2.45) is 0 Å². The molecule has 0 spiro atoms. The van der Waals surface area contributed by atoms with E-state index in [-0.39, 0.29) is 30.0 Å². The van der Waals surface area contributed by atoms with Crippen LogP contribution in [0.1, 0.15) is 22.4 Å². The number of rotatable bonds is 11. The second-order valence-electron chi connectivity index (χ2n) is 10.4. The number of fused-ring (bicyclic) bond motifs is 1. The molecule has 11 heteroatoms. The Balaban J connectivity index is 1.14. The molecule has 5 rings (SSSR count). The first-order valence-corrected chi connectivity index (χ1v) is 16.0. The zero-order valence-electron chi connectivity index (χ0n) is 25.1. The van der Waals surface area contributed by atoms with E-state index in [1.165, 1.54) is 11.0 Å². The van der Waals surface area contributed by atoms with Crippen molar-refractivity contribution in [1.82, 2.24) is 10.3 Å². The average molecular weight is 674 g/mol. The fraction of sp³-hybridized carbons (Fsp3) is 0.143. The fourth-order valence-electron chi connectivity index (χ4n) is 4.57. The molecule has 0 aliphatic rings. The topological polar surface area (TPSA) is 101 Å². The third kappa shape index (κ3) is 8.31. The quantitative estimate of drug-likeness (QED) is 0.142. The van der Waals surface area contributed by atoms with Gasteiger partial charge in [0.15, 0.2) is 0 Å². The van der Waals surface area contributed by atoms with E-state index in [2.05, 4.69) is 15.6 Å². The van der Waals surface area contributed by atoms with E-state index in [9.17, 15) is 14.4 Å². The Labute approximate surface area is 280 Å². The zero-order chi connectivity index (χ0) is 32.6. The van der Waals surface area contributed by atoms with Gasteiger partial charge in [-0.25, -0.2) is 4.98 Å². The molecule has 0 unspecified atom stereocenters. The molecule has 46 heavy (non-hydrogen) atoms. The van der Waals surface area contributed by atoms with Crippen LogP contribution in [0.4, 0.5) is 11.4 Å². The predicted molar refractivity (Wildman–Crippen MR) is 186 cm³/mol. The summed E-state index contributed by atoms with van der Waals surface area (Å²) in [5, 5.41) is 10.9. The summed E-state index contributed by atoms with van der Waals surface area (Å²) in [4.78, 5) is 43.6. The first-order valence-electron chi connectivity index (χ1n) is 14.3. The maximum atomic E-state index is 13.0. The number of aromatic nitrogens is 1. The summed E-state index contributed by atoms with van der Waals surface area (Å²) in [6, 6.07) is 21.9. The van der Waals surface area contributed by atoms with Gasteiger partial charge in [-0.2, -0.15) is 11.3 Å². The molecule has 5 aromatic rings. The predicted octanol–water partition coefficient (Wildman–Crippen LogP) is 7.46. The van der Waals surface area contributed by atoms with Gasteiger partial charge in [-0.3, -0.25) is 14.4 Å². The van der Waals surface area contributed by atoms with E-state index in [0.717, 1.165) is 27.7 Å². The summed E-state index contributed by atoms with van der Waals surface area (Å²) in [6.45, 7) is 1.72. The number of pyridine rings is 1. The summed E-state index contributed by atoms with van der Waals surface area (Å²) in [5.41, 5.74) is 4.92. The molecular weight excluding hydrogens is 643 g/mol. The standard InChI is InChI=1S/C35H30Cl2N4O4S/c1-22-6-10-25-4-3-5-30(35(25)39-22)45-20-27-28(36)13-14-29(34(27)37)41(2)33(44)19-38-31(42)15-9-23-7-11-26(12-8-23)40-32(43)18-24-16-17-46-21-24/h3-17,21H,18-20H2,1-2H3,(H,38,42)(H,40,43). The normalized spacial score (nSPS) is 11.0. The van der Waals surface area contributed by atoms with Gasteiger partial charge in [0, 0.05) is 40.5 Å². The van der Waals surface area contributed by atoms with Gasteiger partial charge in [0.25, 0.3) is 0 Å². The van der Waals surface area contributed by atoms with Crippen LogP contribution in [-0.2, 0) is 27.4 Å². The van der Waals surface area contributed by atoms with E-state index in [1.54, 1.807) is 60.9 Å². The number of ether oxygens (including phenoxy) is 1. The molecule has 2 aromatic heterocycles. The number of para-hydroxylation sites is 1. The van der Waals surface area contributed by atoms with E-state index in [0.29, 0.717) is 34.1 Å². The Hall–Kier alpha value is -4.70. The van der Waals surface area contributed by atoms with Crippen molar-refractivity contribution in [3.05, 3.63) is 122 Å². The molecule has 0 aliphatic carbocycles. The molecule has 2 N–H and O–H groups in total. The van der Waals surface area contributed by atoms with Gasteiger partial charge in [0.05, 0.1) is 23.7 Å². The Morgan fingerprint density at radius 1 is 1.00 bits per heavy atom. The van der Waals surface area contributed by atoms with Crippen LogP contribution < -0.4 is 20.3 Å². The summed E-state index contributed by atoms with van der Waals surface area (Å²) >= 11 is 14.7. The molecule has 0 atom stereocenters. The largest absolute Gasteiger partial charge is 0.487 e. The maximum Gasteiger partial charge on any atom is 0.246 e. The zero-order valence-corrected chi connectivity index (χ0v) is 27.4. The van der Waals surface area contributed by atoms with Gasteiger partial charge < -0.3 is 20.3 Å². The second-order valence-corrected chi connectivity index (χ2v) is 12.0. The molecular formula is C35H30Cl2N4O4S. The van der Waals surface area contributed by atoms with Gasteiger partial charge in [-0.05, 0) is 77.4 Å². The highest BCUT2D eigenvalue weighted by Gasteiger charge is 2.19. The smallest absolute Gasteiger partial charge is 0.246 e. The van der Waals surface area contributed by atoms with Crippen LogP contribution in [0, 0.1) is 6.92 Å². The van der Waals surface area contributed by atoms with Gasteiger partial charge in [-0.15, -0.1) is 0 Å². The molecule has 234 valence electrons. The summed E-state index contributed by atoms with van der Waals surface area (Å²) in [7, 11) is 1.57. The Bertz CT molecular complexity index is 1910. The lowest BCUT2D eigenvalue weighted by Crippen LogP contribution is -2.37. The summed E-state index contributed by atoms with van der Waals surface area (Å²) < 4.78 is 6.08. The van der Waals surface area contributed by atoms with E-state index in [4.69, 9.17) is 27.9 Å². The minimum absolute atomic E-state index is 0.0618. The number of carbonyl (C=O) groups excluding carboxylic acids is 3. The lowest BCUT2D eigenvalue weighted by atomic mass is 10.1. The monoisotopic (exact) mass is 672 g/mol. The molecule has 0 radical (unpaired) electrons. The molecule has 0 saturated heterocycles. The number of amides is 3. The number of anilines is 2. The summed E-state index contributed by atoms with van der Waals surface area (Å²) in [5.74, 6) is -0.334. The number of likely N-dealkylation sites (N-methyl/N-ethyl adjacent to an activating group) is 1. The number of halogens is 2. The number of benzene rings is 3. The van der Waals surface area contributed by atoms with Crippen LogP contribution in [0.15, 0.2) is 89.6 Å². The van der Waals surface area contributed by atoms with E-state index in [1.807, 2.05) is 54.1 Å². The summed E-state index contributed by atoms with van der Waals surface area (Å²) in [6.07, 6.45) is 3.27. The van der Waals surface area contributed by atoms with Crippen LogP contribution in [0.5, 0.6) is 5.75 Å².